The predicted molar refractivity (Wildman–Crippen MR) is 85.5 cm³/mol. The lowest BCUT2D eigenvalue weighted by molar-refractivity contribution is 0.578. The van der Waals surface area contributed by atoms with Crippen LogP contribution in [-0.2, 0) is 0 Å². The van der Waals surface area contributed by atoms with Crippen molar-refractivity contribution >= 4 is 16.6 Å². The first-order valence-corrected chi connectivity index (χ1v) is 7.60. The molecule has 6 heteroatoms. The second-order valence-electron chi connectivity index (χ2n) is 5.59. The normalized spacial score (nSPS) is 15.4. The molecule has 0 bridgehead atoms. The number of piperidine rings is 1. The Morgan fingerprint density at radius 1 is 1.14 bits per heavy atom. The quantitative estimate of drug-likeness (QED) is 0.786. The summed E-state index contributed by atoms with van der Waals surface area (Å²) in [7, 11) is 0. The molecule has 1 aromatic carbocycles. The fourth-order valence-electron chi connectivity index (χ4n) is 2.97. The number of benzene rings is 1. The molecule has 0 radical (unpaired) electrons. The zero-order chi connectivity index (χ0) is 14.9. The van der Waals surface area contributed by atoms with E-state index in [1.807, 2.05) is 18.2 Å². The summed E-state index contributed by atoms with van der Waals surface area (Å²) in [5, 5.41) is 4.73. The summed E-state index contributed by atoms with van der Waals surface area (Å²) in [4.78, 5) is 21.9. The molecule has 4 rings (SSSR count). The monoisotopic (exact) mass is 295 g/mol. The van der Waals surface area contributed by atoms with Crippen molar-refractivity contribution in [2.75, 3.05) is 18.0 Å². The summed E-state index contributed by atoms with van der Waals surface area (Å²) in [5.74, 6) is 0.443. The first kappa shape index (κ1) is 13.1. The van der Waals surface area contributed by atoms with Crippen LogP contribution < -0.4 is 10.5 Å². The van der Waals surface area contributed by atoms with Crippen molar-refractivity contribution in [1.82, 2.24) is 19.7 Å². The molecular weight excluding hydrogens is 278 g/mol. The highest BCUT2D eigenvalue weighted by molar-refractivity contribution is 5.82. The number of nitrogens with zero attached hydrogens (tertiary/aromatic N) is 4. The number of nitrogens with one attached hydrogen (secondary N) is 1. The summed E-state index contributed by atoms with van der Waals surface area (Å²) in [6.07, 6.45) is 7.16. The third kappa shape index (κ3) is 2.26. The third-order valence-electron chi connectivity index (χ3n) is 4.12. The second kappa shape index (κ2) is 5.29. The van der Waals surface area contributed by atoms with Gasteiger partial charge >= 0.3 is 0 Å². The minimum atomic E-state index is -0.138. The van der Waals surface area contributed by atoms with Crippen molar-refractivity contribution in [3.63, 3.8) is 0 Å². The van der Waals surface area contributed by atoms with Crippen molar-refractivity contribution in [3.8, 4) is 5.95 Å². The van der Waals surface area contributed by atoms with E-state index in [0.717, 1.165) is 18.8 Å². The lowest BCUT2D eigenvalue weighted by Gasteiger charge is -2.28. The summed E-state index contributed by atoms with van der Waals surface area (Å²) in [5.41, 5.74) is 1.70. The molecule has 3 heterocycles. The Hall–Kier alpha value is -2.63. The minimum Gasteiger partial charge on any atom is -0.371 e. The maximum Gasteiger partial charge on any atom is 0.260 e. The van der Waals surface area contributed by atoms with Crippen LogP contribution in [0.3, 0.4) is 0 Å². The van der Waals surface area contributed by atoms with Crippen LogP contribution in [0.25, 0.3) is 16.9 Å². The molecule has 22 heavy (non-hydrogen) atoms. The van der Waals surface area contributed by atoms with Gasteiger partial charge in [0.1, 0.15) is 0 Å². The maximum absolute atomic E-state index is 12.2. The van der Waals surface area contributed by atoms with Gasteiger partial charge in [-0.15, -0.1) is 0 Å². The molecule has 2 aromatic heterocycles. The summed E-state index contributed by atoms with van der Waals surface area (Å²) < 4.78 is 1.56. The molecule has 1 aliphatic heterocycles. The van der Waals surface area contributed by atoms with Gasteiger partial charge < -0.3 is 4.90 Å². The lowest BCUT2D eigenvalue weighted by atomic mass is 10.1. The number of H-pyrrole nitrogens is 1. The van der Waals surface area contributed by atoms with E-state index < -0.39 is 0 Å². The van der Waals surface area contributed by atoms with Crippen LogP contribution in [0.2, 0.25) is 0 Å². The maximum atomic E-state index is 12.2. The summed E-state index contributed by atoms with van der Waals surface area (Å²) in [6, 6.07) is 7.67. The van der Waals surface area contributed by atoms with Crippen LogP contribution in [0.4, 0.5) is 5.69 Å². The minimum absolute atomic E-state index is 0.138. The van der Waals surface area contributed by atoms with E-state index in [9.17, 15) is 4.79 Å². The van der Waals surface area contributed by atoms with E-state index in [-0.39, 0.29) is 5.56 Å². The SMILES string of the molecule is O=c1[nH]c(-n2cccn2)nc2cc(N3CCCCC3)ccc12. The summed E-state index contributed by atoms with van der Waals surface area (Å²) >= 11 is 0. The number of fused-ring (bicyclic) bond motifs is 1. The molecule has 0 atom stereocenters. The van der Waals surface area contributed by atoms with Gasteiger partial charge in [0.05, 0.1) is 10.9 Å². The van der Waals surface area contributed by atoms with E-state index in [0.29, 0.717) is 16.9 Å². The third-order valence-corrected chi connectivity index (χ3v) is 4.12. The second-order valence-corrected chi connectivity index (χ2v) is 5.59. The van der Waals surface area contributed by atoms with Crippen LogP contribution in [0.15, 0.2) is 41.5 Å². The van der Waals surface area contributed by atoms with Crippen LogP contribution in [0.5, 0.6) is 0 Å². The number of aromatic nitrogens is 4. The Morgan fingerprint density at radius 2 is 2.00 bits per heavy atom. The number of aromatic amines is 1. The van der Waals surface area contributed by atoms with Crippen molar-refractivity contribution < 1.29 is 0 Å². The molecular formula is C16H17N5O. The van der Waals surface area contributed by atoms with Gasteiger partial charge in [0.2, 0.25) is 5.95 Å². The fourth-order valence-corrected chi connectivity index (χ4v) is 2.97. The Balaban J connectivity index is 1.82. The van der Waals surface area contributed by atoms with Crippen LogP contribution >= 0.6 is 0 Å². The molecule has 0 unspecified atom stereocenters. The number of hydrogen-bond acceptors (Lipinski definition) is 4. The Labute approximate surface area is 127 Å². The van der Waals surface area contributed by atoms with Crippen LogP contribution in [-0.4, -0.2) is 32.8 Å². The molecule has 3 aromatic rings. The Kier molecular flexibility index (Phi) is 3.14. The predicted octanol–water partition coefficient (Wildman–Crippen LogP) is 2.10. The topological polar surface area (TPSA) is 66.8 Å². The molecule has 112 valence electrons. The Bertz CT molecular complexity index is 847. The van der Waals surface area contributed by atoms with Gasteiger partial charge in [-0.05, 0) is 43.5 Å². The van der Waals surface area contributed by atoms with Gasteiger partial charge in [0, 0.05) is 31.2 Å². The molecule has 1 saturated heterocycles. The first-order chi connectivity index (χ1) is 10.8. The zero-order valence-corrected chi connectivity index (χ0v) is 12.2. The van der Waals surface area contributed by atoms with Crippen LogP contribution in [0, 0.1) is 0 Å². The highest BCUT2D eigenvalue weighted by Gasteiger charge is 2.13. The number of rotatable bonds is 2. The van der Waals surface area contributed by atoms with E-state index >= 15 is 0 Å². The van der Waals surface area contributed by atoms with E-state index in [1.165, 1.54) is 19.3 Å². The first-order valence-electron chi connectivity index (χ1n) is 7.60. The van der Waals surface area contributed by atoms with Gasteiger partial charge in [0.15, 0.2) is 0 Å². The van der Waals surface area contributed by atoms with Gasteiger partial charge in [-0.2, -0.15) is 5.10 Å². The lowest BCUT2D eigenvalue weighted by Crippen LogP contribution is -2.29. The zero-order valence-electron chi connectivity index (χ0n) is 12.2. The van der Waals surface area contributed by atoms with Gasteiger partial charge in [-0.25, -0.2) is 9.67 Å². The molecule has 1 aliphatic rings. The molecule has 0 saturated carbocycles. The molecule has 6 nitrogen and oxygen atoms in total. The summed E-state index contributed by atoms with van der Waals surface area (Å²) in [6.45, 7) is 2.14. The standard InChI is InChI=1S/C16H17N5O/c22-15-13-6-5-12(20-8-2-1-3-9-20)11-14(13)18-16(19-15)21-10-4-7-17-21/h4-7,10-11H,1-3,8-9H2,(H,18,19,22). The van der Waals surface area contributed by atoms with Crippen molar-refractivity contribution in [2.45, 2.75) is 19.3 Å². The van der Waals surface area contributed by atoms with E-state index in [2.05, 4.69) is 20.0 Å². The number of hydrogen-bond donors (Lipinski definition) is 1. The Morgan fingerprint density at radius 3 is 2.77 bits per heavy atom. The van der Waals surface area contributed by atoms with Gasteiger partial charge in [-0.1, -0.05) is 0 Å². The highest BCUT2D eigenvalue weighted by atomic mass is 16.1. The smallest absolute Gasteiger partial charge is 0.260 e. The highest BCUT2D eigenvalue weighted by Crippen LogP contribution is 2.22. The molecule has 0 aliphatic carbocycles. The fraction of sp³-hybridized carbons (Fsp3) is 0.312. The van der Waals surface area contributed by atoms with Crippen LogP contribution in [0.1, 0.15) is 19.3 Å². The molecule has 1 fully saturated rings. The average molecular weight is 295 g/mol. The van der Waals surface area contributed by atoms with E-state index in [4.69, 9.17) is 0 Å². The molecule has 0 amide bonds. The average Bonchev–Trinajstić information content (AvgIpc) is 3.09. The van der Waals surface area contributed by atoms with E-state index in [1.54, 1.807) is 23.1 Å². The van der Waals surface area contributed by atoms with Gasteiger partial charge in [-0.3, -0.25) is 9.78 Å². The largest absolute Gasteiger partial charge is 0.371 e. The van der Waals surface area contributed by atoms with Gasteiger partial charge in [0.25, 0.3) is 5.56 Å². The van der Waals surface area contributed by atoms with Crippen molar-refractivity contribution in [2.24, 2.45) is 0 Å². The van der Waals surface area contributed by atoms with Crippen molar-refractivity contribution in [1.29, 1.82) is 0 Å². The molecule has 0 spiro atoms. The number of anilines is 1. The van der Waals surface area contributed by atoms with Crippen molar-refractivity contribution in [3.05, 3.63) is 47.0 Å². The molecule has 1 N–H and O–H groups in total.